The Balaban J connectivity index is 1.70. The number of anilines is 1. The Morgan fingerprint density at radius 1 is 1.31 bits per heavy atom. The summed E-state index contributed by atoms with van der Waals surface area (Å²) in [5, 5.41) is 16.1. The SMILES string of the molecule is CC1CC(COc2c(Cl)cccc2NC(=S)C2=C([O-])CCN(C(=O)OC(C)(C)C)C2=O)CCCN1CCCN. The van der Waals surface area contributed by atoms with Crippen molar-refractivity contribution in [1.29, 1.82) is 0 Å². The molecule has 11 heteroatoms. The van der Waals surface area contributed by atoms with E-state index in [-0.39, 0.29) is 23.5 Å². The molecule has 2 amide bonds. The summed E-state index contributed by atoms with van der Waals surface area (Å²) in [4.78, 5) is 29.0. The number of hydrogen-bond acceptors (Lipinski definition) is 8. The van der Waals surface area contributed by atoms with Crippen LogP contribution in [0.4, 0.5) is 10.5 Å². The predicted octanol–water partition coefficient (Wildman–Crippen LogP) is 4.08. The maximum absolute atomic E-state index is 13.1. The molecule has 0 spiro atoms. The summed E-state index contributed by atoms with van der Waals surface area (Å²) in [6.07, 6.45) is 3.25. The van der Waals surface area contributed by atoms with Gasteiger partial charge in [-0.3, -0.25) is 4.79 Å². The Bertz CT molecular complexity index is 1090. The van der Waals surface area contributed by atoms with Gasteiger partial charge in [0.25, 0.3) is 5.91 Å². The van der Waals surface area contributed by atoms with E-state index in [0.717, 1.165) is 43.7 Å². The van der Waals surface area contributed by atoms with Crippen molar-refractivity contribution in [3.05, 3.63) is 34.6 Å². The molecule has 1 aromatic carbocycles. The molecule has 0 aromatic heterocycles. The number of amides is 2. The lowest BCUT2D eigenvalue weighted by Gasteiger charge is -2.33. The van der Waals surface area contributed by atoms with Crippen molar-refractivity contribution in [2.75, 3.05) is 38.1 Å². The highest BCUT2D eigenvalue weighted by atomic mass is 35.5. The number of imide groups is 1. The largest absolute Gasteiger partial charge is 0.875 e. The van der Waals surface area contributed by atoms with Gasteiger partial charge in [-0.25, -0.2) is 9.69 Å². The molecule has 3 N–H and O–H groups in total. The van der Waals surface area contributed by atoms with E-state index in [1.807, 2.05) is 0 Å². The average Bonchev–Trinajstić information content (AvgIpc) is 3.01. The molecule has 2 atom stereocenters. The number of nitrogens with two attached hydrogens (primary N) is 1. The minimum Gasteiger partial charge on any atom is -0.875 e. The fourth-order valence-corrected chi connectivity index (χ4v) is 5.42. The molecule has 0 bridgehead atoms. The highest BCUT2D eigenvalue weighted by molar-refractivity contribution is 7.81. The van der Waals surface area contributed by atoms with Gasteiger partial charge in [0.15, 0.2) is 5.75 Å². The van der Waals surface area contributed by atoms with Crippen molar-refractivity contribution in [2.24, 2.45) is 11.7 Å². The first-order valence-electron chi connectivity index (χ1n) is 13.5. The van der Waals surface area contributed by atoms with Crippen LogP contribution in [0.1, 0.15) is 59.8 Å². The molecule has 1 aromatic rings. The van der Waals surface area contributed by atoms with Gasteiger partial charge in [-0.2, -0.15) is 0 Å². The Morgan fingerprint density at radius 2 is 2.05 bits per heavy atom. The van der Waals surface area contributed by atoms with E-state index in [4.69, 9.17) is 39.0 Å². The zero-order valence-corrected chi connectivity index (χ0v) is 24.8. The number of thiocarbonyl (C=S) groups is 1. The number of rotatable bonds is 8. The molecular formula is C28H40ClN4O5S-. The molecule has 2 unspecified atom stereocenters. The lowest BCUT2D eigenvalue weighted by atomic mass is 9.98. The smallest absolute Gasteiger partial charge is 0.417 e. The van der Waals surface area contributed by atoms with Crippen LogP contribution < -0.4 is 20.9 Å². The Morgan fingerprint density at radius 3 is 2.74 bits per heavy atom. The minimum atomic E-state index is -0.814. The normalized spacial score (nSPS) is 21.0. The topological polar surface area (TPSA) is 120 Å². The Kier molecular flexibility index (Phi) is 11.0. The first kappa shape index (κ1) is 31.1. The average molecular weight is 580 g/mol. The van der Waals surface area contributed by atoms with Crippen LogP contribution in [0.15, 0.2) is 29.5 Å². The minimum absolute atomic E-state index is 0.0385. The van der Waals surface area contributed by atoms with Crippen molar-refractivity contribution >= 4 is 46.5 Å². The standard InChI is InChI=1S/C28H41ClN4O5S/c1-18-16-19(8-6-13-32(18)14-7-12-30)17-37-24-20(29)9-5-10-21(24)31-25(39)23-22(34)11-15-33(26(23)35)27(36)38-28(2,3)4/h5,9-10,18-19,34H,6-8,11-17,30H2,1-4H3,(H,31,39)/p-1. The van der Waals surface area contributed by atoms with E-state index >= 15 is 0 Å². The van der Waals surface area contributed by atoms with E-state index in [9.17, 15) is 14.7 Å². The zero-order chi connectivity index (χ0) is 28.7. The van der Waals surface area contributed by atoms with Gasteiger partial charge in [0, 0.05) is 12.6 Å². The summed E-state index contributed by atoms with van der Waals surface area (Å²) in [6.45, 7) is 10.5. The van der Waals surface area contributed by atoms with Gasteiger partial charge in [-0.05, 0) is 97.5 Å². The molecule has 9 nitrogen and oxygen atoms in total. The summed E-state index contributed by atoms with van der Waals surface area (Å²) in [7, 11) is 0. The number of para-hydroxylation sites is 1. The van der Waals surface area contributed by atoms with Gasteiger partial charge in [0.1, 0.15) is 10.6 Å². The van der Waals surface area contributed by atoms with Crippen LogP contribution in [0.3, 0.4) is 0 Å². The molecule has 2 aliphatic rings. The van der Waals surface area contributed by atoms with Gasteiger partial charge < -0.3 is 30.5 Å². The van der Waals surface area contributed by atoms with Crippen LogP contribution in [0.5, 0.6) is 5.75 Å². The molecule has 216 valence electrons. The maximum atomic E-state index is 13.1. The Hall–Kier alpha value is -2.40. The van der Waals surface area contributed by atoms with Crippen molar-refractivity contribution in [1.82, 2.24) is 9.80 Å². The fourth-order valence-electron chi connectivity index (χ4n) is 4.88. The molecule has 0 saturated carbocycles. The number of likely N-dealkylation sites (tertiary alicyclic amines) is 1. The van der Waals surface area contributed by atoms with Gasteiger partial charge in [-0.1, -0.05) is 29.9 Å². The molecule has 0 aliphatic carbocycles. The number of nitrogens with zero attached hydrogens (tertiary/aromatic N) is 2. The van der Waals surface area contributed by atoms with Gasteiger partial charge in [-0.15, -0.1) is 5.76 Å². The third-order valence-electron chi connectivity index (χ3n) is 6.82. The second kappa shape index (κ2) is 13.8. The van der Waals surface area contributed by atoms with E-state index in [2.05, 4.69) is 17.1 Å². The van der Waals surface area contributed by atoms with Crippen LogP contribution in [-0.4, -0.2) is 71.2 Å². The van der Waals surface area contributed by atoms with Crippen molar-refractivity contribution in [3.8, 4) is 5.75 Å². The van der Waals surface area contributed by atoms with Crippen LogP contribution in [0.25, 0.3) is 0 Å². The lowest BCUT2D eigenvalue weighted by Crippen LogP contribution is -2.47. The second-order valence-electron chi connectivity index (χ2n) is 11.1. The number of hydrogen-bond donors (Lipinski definition) is 2. The van der Waals surface area contributed by atoms with Crippen LogP contribution in [0.2, 0.25) is 5.02 Å². The molecular weight excluding hydrogens is 540 g/mol. The molecule has 3 rings (SSSR count). The first-order chi connectivity index (χ1) is 18.4. The van der Waals surface area contributed by atoms with Crippen LogP contribution >= 0.6 is 23.8 Å². The highest BCUT2D eigenvalue weighted by Gasteiger charge is 2.34. The van der Waals surface area contributed by atoms with E-state index in [1.165, 1.54) is 0 Å². The number of carbonyl (C=O) groups excluding carboxylic acids is 2. The third kappa shape index (κ3) is 8.54. The number of nitrogens with one attached hydrogen (secondary N) is 1. The van der Waals surface area contributed by atoms with Crippen molar-refractivity contribution in [2.45, 2.75) is 71.4 Å². The Labute approximate surface area is 241 Å². The van der Waals surface area contributed by atoms with Gasteiger partial charge in [0.05, 0.1) is 22.9 Å². The summed E-state index contributed by atoms with van der Waals surface area (Å²) < 4.78 is 11.6. The molecule has 2 heterocycles. The second-order valence-corrected chi connectivity index (χ2v) is 12.0. The predicted molar refractivity (Wildman–Crippen MR) is 155 cm³/mol. The van der Waals surface area contributed by atoms with Gasteiger partial charge in [0.2, 0.25) is 0 Å². The summed E-state index contributed by atoms with van der Waals surface area (Å²) in [5.74, 6) is -0.474. The van der Waals surface area contributed by atoms with E-state index in [1.54, 1.807) is 39.0 Å². The fraction of sp³-hybridized carbons (Fsp3) is 0.607. The summed E-state index contributed by atoms with van der Waals surface area (Å²) >= 11 is 12.0. The van der Waals surface area contributed by atoms with Crippen molar-refractivity contribution < 1.29 is 24.2 Å². The zero-order valence-electron chi connectivity index (χ0n) is 23.3. The number of carbonyl (C=O) groups is 2. The van der Waals surface area contributed by atoms with Crippen LogP contribution in [0, 0.1) is 5.92 Å². The lowest BCUT2D eigenvalue weighted by molar-refractivity contribution is -0.308. The van der Waals surface area contributed by atoms with Crippen molar-refractivity contribution in [3.63, 3.8) is 0 Å². The monoisotopic (exact) mass is 579 g/mol. The van der Waals surface area contributed by atoms with E-state index < -0.39 is 23.4 Å². The van der Waals surface area contributed by atoms with Crippen LogP contribution in [-0.2, 0) is 9.53 Å². The number of ether oxygens (including phenoxy) is 2. The number of benzene rings is 1. The maximum Gasteiger partial charge on any atom is 0.417 e. The highest BCUT2D eigenvalue weighted by Crippen LogP contribution is 2.35. The molecule has 1 fully saturated rings. The summed E-state index contributed by atoms with van der Waals surface area (Å²) in [5.41, 5.74) is 5.10. The molecule has 1 saturated heterocycles. The molecule has 39 heavy (non-hydrogen) atoms. The quantitative estimate of drug-likeness (QED) is 0.439. The first-order valence-corrected chi connectivity index (χ1v) is 14.3. The van der Waals surface area contributed by atoms with Gasteiger partial charge >= 0.3 is 6.09 Å². The molecule has 0 radical (unpaired) electrons. The third-order valence-corrected chi connectivity index (χ3v) is 7.43. The van der Waals surface area contributed by atoms with E-state index in [0.29, 0.717) is 41.6 Å². The number of halogens is 1. The molecule has 2 aliphatic heterocycles. The summed E-state index contributed by atoms with van der Waals surface area (Å²) in [6, 6.07) is 5.59.